The van der Waals surface area contributed by atoms with Crippen molar-refractivity contribution in [1.29, 1.82) is 0 Å². The van der Waals surface area contributed by atoms with Crippen molar-refractivity contribution in [2.75, 3.05) is 0 Å². The lowest BCUT2D eigenvalue weighted by Gasteiger charge is -2.09. The number of aromatic nitrogens is 2. The summed E-state index contributed by atoms with van der Waals surface area (Å²) < 4.78 is 7.38. The van der Waals surface area contributed by atoms with Crippen LogP contribution in [0.5, 0.6) is 0 Å². The molecule has 0 aliphatic carbocycles. The molecule has 2 aromatic heterocycles. The Morgan fingerprint density at radius 1 is 1.21 bits per heavy atom. The first-order chi connectivity index (χ1) is 13.4. The maximum absolute atomic E-state index is 12.4. The molecule has 142 valence electrons. The van der Waals surface area contributed by atoms with E-state index >= 15 is 0 Å². The molecule has 0 aliphatic heterocycles. The first-order valence-electron chi connectivity index (χ1n) is 8.32. The van der Waals surface area contributed by atoms with Crippen LogP contribution in [0.1, 0.15) is 18.2 Å². The first kappa shape index (κ1) is 19.5. The molecule has 1 N–H and O–H groups in total. The highest BCUT2D eigenvalue weighted by molar-refractivity contribution is 9.10. The number of ether oxygens (including phenoxy) is 1. The standard InChI is InChI=1S/C20H16BrN3O4/c1-13(25)22-17(9-14-5-3-2-4-6-14)20(27)28-12-16-10-19(26)24-11-15(21)7-8-18(24)23-16/h2-11H,12H2,1H3,(H,22,25)/b17-9-. The van der Waals surface area contributed by atoms with Crippen molar-refractivity contribution in [2.24, 2.45) is 0 Å². The van der Waals surface area contributed by atoms with E-state index in [2.05, 4.69) is 26.2 Å². The van der Waals surface area contributed by atoms with Crippen LogP contribution in [0.3, 0.4) is 0 Å². The van der Waals surface area contributed by atoms with E-state index in [1.54, 1.807) is 30.5 Å². The molecule has 7 nitrogen and oxygen atoms in total. The van der Waals surface area contributed by atoms with Gasteiger partial charge in [0.15, 0.2) is 0 Å². The Balaban J connectivity index is 1.80. The number of nitrogens with zero attached hydrogens (tertiary/aromatic N) is 2. The van der Waals surface area contributed by atoms with Crippen LogP contribution in [0, 0.1) is 0 Å². The van der Waals surface area contributed by atoms with E-state index in [0.717, 1.165) is 10.0 Å². The minimum absolute atomic E-state index is 0.000131. The Labute approximate surface area is 168 Å². The predicted octanol–water partition coefficient (Wildman–Crippen LogP) is 2.68. The van der Waals surface area contributed by atoms with E-state index in [-0.39, 0.29) is 17.9 Å². The number of hydrogen-bond donors (Lipinski definition) is 1. The van der Waals surface area contributed by atoms with Crippen LogP contribution in [0.25, 0.3) is 11.7 Å². The van der Waals surface area contributed by atoms with Gasteiger partial charge >= 0.3 is 5.97 Å². The summed E-state index contributed by atoms with van der Waals surface area (Å²) in [6, 6.07) is 13.8. The molecule has 0 radical (unpaired) electrons. The van der Waals surface area contributed by atoms with Gasteiger partial charge in [-0.1, -0.05) is 30.3 Å². The molecule has 0 spiro atoms. The average Bonchev–Trinajstić information content (AvgIpc) is 2.66. The average molecular weight is 442 g/mol. The number of fused-ring (bicyclic) bond motifs is 1. The SMILES string of the molecule is CC(=O)N/C(=C\c1ccccc1)C(=O)OCc1cc(=O)n2cc(Br)ccc2n1. The summed E-state index contributed by atoms with van der Waals surface area (Å²) >= 11 is 3.30. The van der Waals surface area contributed by atoms with Gasteiger partial charge in [0, 0.05) is 23.7 Å². The largest absolute Gasteiger partial charge is 0.455 e. The molecule has 0 atom stereocenters. The zero-order valence-corrected chi connectivity index (χ0v) is 16.5. The summed E-state index contributed by atoms with van der Waals surface area (Å²) in [4.78, 5) is 40.4. The van der Waals surface area contributed by atoms with Gasteiger partial charge in [-0.2, -0.15) is 0 Å². The third kappa shape index (κ3) is 4.92. The van der Waals surface area contributed by atoms with Crippen LogP contribution in [0.15, 0.2) is 69.7 Å². The van der Waals surface area contributed by atoms with E-state index < -0.39 is 11.9 Å². The number of hydrogen-bond acceptors (Lipinski definition) is 5. The number of carbonyl (C=O) groups excluding carboxylic acids is 2. The molecule has 3 rings (SSSR count). The second-order valence-electron chi connectivity index (χ2n) is 5.89. The van der Waals surface area contributed by atoms with Crippen LogP contribution < -0.4 is 10.9 Å². The van der Waals surface area contributed by atoms with Crippen molar-refractivity contribution in [3.8, 4) is 0 Å². The number of carbonyl (C=O) groups is 2. The van der Waals surface area contributed by atoms with Gasteiger partial charge in [0.25, 0.3) is 5.56 Å². The Hall–Kier alpha value is -3.26. The van der Waals surface area contributed by atoms with Crippen LogP contribution in [0.4, 0.5) is 0 Å². The quantitative estimate of drug-likeness (QED) is 0.485. The topological polar surface area (TPSA) is 89.8 Å². The molecule has 0 aliphatic rings. The first-order valence-corrected chi connectivity index (χ1v) is 9.11. The summed E-state index contributed by atoms with van der Waals surface area (Å²) in [5.74, 6) is -1.12. The molecule has 1 amide bonds. The lowest BCUT2D eigenvalue weighted by molar-refractivity contribution is -0.141. The third-order valence-corrected chi connectivity index (χ3v) is 4.14. The molecule has 8 heteroatoms. The van der Waals surface area contributed by atoms with Gasteiger partial charge in [-0.15, -0.1) is 0 Å². The van der Waals surface area contributed by atoms with Crippen molar-refractivity contribution >= 4 is 39.5 Å². The second kappa shape index (κ2) is 8.62. The summed E-state index contributed by atoms with van der Waals surface area (Å²) in [5, 5.41) is 2.47. The molecule has 0 bridgehead atoms. The molecule has 0 saturated heterocycles. The minimum Gasteiger partial charge on any atom is -0.455 e. The van der Waals surface area contributed by atoms with Gasteiger partial charge in [0.1, 0.15) is 18.0 Å². The van der Waals surface area contributed by atoms with Gasteiger partial charge < -0.3 is 10.1 Å². The number of amides is 1. The fraction of sp³-hybridized carbons (Fsp3) is 0.100. The molecule has 1 aromatic carbocycles. The summed E-state index contributed by atoms with van der Waals surface area (Å²) in [7, 11) is 0. The van der Waals surface area contributed by atoms with E-state index in [4.69, 9.17) is 4.74 Å². The highest BCUT2D eigenvalue weighted by Gasteiger charge is 2.14. The summed E-state index contributed by atoms with van der Waals surface area (Å²) in [6.45, 7) is 1.10. The number of pyridine rings is 1. The smallest absolute Gasteiger partial charge is 0.355 e. The second-order valence-corrected chi connectivity index (χ2v) is 6.80. The Bertz CT molecular complexity index is 1120. The number of rotatable bonds is 5. The maximum atomic E-state index is 12.4. The number of esters is 1. The van der Waals surface area contributed by atoms with Gasteiger partial charge in [-0.25, -0.2) is 9.78 Å². The summed E-state index contributed by atoms with van der Waals surface area (Å²) in [6.07, 6.45) is 3.13. The molecular weight excluding hydrogens is 426 g/mol. The van der Waals surface area contributed by atoms with E-state index in [1.165, 1.54) is 23.5 Å². The Morgan fingerprint density at radius 3 is 2.68 bits per heavy atom. The van der Waals surface area contributed by atoms with E-state index in [0.29, 0.717) is 11.3 Å². The van der Waals surface area contributed by atoms with Crippen molar-refractivity contribution in [3.05, 3.63) is 86.5 Å². The highest BCUT2D eigenvalue weighted by atomic mass is 79.9. The molecule has 0 fully saturated rings. The van der Waals surface area contributed by atoms with E-state index in [9.17, 15) is 14.4 Å². The van der Waals surface area contributed by atoms with Crippen LogP contribution in [0.2, 0.25) is 0 Å². The fourth-order valence-electron chi connectivity index (χ4n) is 2.47. The summed E-state index contributed by atoms with van der Waals surface area (Å²) in [5.41, 5.74) is 1.18. The lowest BCUT2D eigenvalue weighted by Crippen LogP contribution is -2.26. The number of benzene rings is 1. The monoisotopic (exact) mass is 441 g/mol. The zero-order chi connectivity index (χ0) is 20.1. The normalized spacial score (nSPS) is 11.3. The minimum atomic E-state index is -0.725. The van der Waals surface area contributed by atoms with Crippen molar-refractivity contribution < 1.29 is 14.3 Å². The number of halogens is 1. The highest BCUT2D eigenvalue weighted by Crippen LogP contribution is 2.11. The molecule has 0 unspecified atom stereocenters. The molecule has 2 heterocycles. The fourth-order valence-corrected chi connectivity index (χ4v) is 2.81. The third-order valence-electron chi connectivity index (χ3n) is 3.67. The van der Waals surface area contributed by atoms with E-state index in [1.807, 2.05) is 18.2 Å². The maximum Gasteiger partial charge on any atom is 0.355 e. The van der Waals surface area contributed by atoms with Gasteiger partial charge in [-0.3, -0.25) is 14.0 Å². The predicted molar refractivity (Wildman–Crippen MR) is 107 cm³/mol. The number of nitrogens with one attached hydrogen (secondary N) is 1. The lowest BCUT2D eigenvalue weighted by atomic mass is 10.2. The zero-order valence-electron chi connectivity index (χ0n) is 14.9. The van der Waals surface area contributed by atoms with Gasteiger partial charge in [0.2, 0.25) is 5.91 Å². The molecule has 0 saturated carbocycles. The Kier molecular flexibility index (Phi) is 6.00. The van der Waals surface area contributed by atoms with Crippen molar-refractivity contribution in [1.82, 2.24) is 14.7 Å². The Morgan fingerprint density at radius 2 is 1.96 bits per heavy atom. The molecule has 28 heavy (non-hydrogen) atoms. The van der Waals surface area contributed by atoms with Gasteiger partial charge in [0.05, 0.1) is 5.69 Å². The van der Waals surface area contributed by atoms with Crippen molar-refractivity contribution in [3.63, 3.8) is 0 Å². The van der Waals surface area contributed by atoms with Crippen LogP contribution in [-0.4, -0.2) is 21.3 Å². The molecular formula is C20H16BrN3O4. The molecule has 3 aromatic rings. The van der Waals surface area contributed by atoms with Crippen LogP contribution >= 0.6 is 15.9 Å². The van der Waals surface area contributed by atoms with Crippen LogP contribution in [-0.2, 0) is 20.9 Å². The van der Waals surface area contributed by atoms with Gasteiger partial charge in [-0.05, 0) is 39.7 Å². The van der Waals surface area contributed by atoms with Crippen molar-refractivity contribution in [2.45, 2.75) is 13.5 Å².